The number of rotatable bonds is 3. The molecule has 0 aromatic rings. The van der Waals surface area contributed by atoms with E-state index in [1.807, 2.05) is 0 Å². The van der Waals surface area contributed by atoms with Gasteiger partial charge in [0.25, 0.3) is 0 Å². The van der Waals surface area contributed by atoms with Crippen LogP contribution in [-0.4, -0.2) is 19.5 Å². The van der Waals surface area contributed by atoms with Crippen LogP contribution in [-0.2, 0) is 9.53 Å². The lowest BCUT2D eigenvalue weighted by molar-refractivity contribution is -0.116. The number of hydrogen-bond acceptors (Lipinski definition) is 2. The fraction of sp³-hybridized carbons (Fsp3) is 0.625. The highest BCUT2D eigenvalue weighted by Crippen LogP contribution is 2.31. The quantitative estimate of drug-likeness (QED) is 0.666. The standard InChI is InChI=1S/C8H10Cl2O2/c9-7(10)1-2-8(5-11)3-4-12-6-8/h1,5H,2-4,6H2. The van der Waals surface area contributed by atoms with Crippen LogP contribution in [0.3, 0.4) is 0 Å². The molecule has 0 aromatic carbocycles. The first-order valence-corrected chi connectivity index (χ1v) is 4.49. The molecule has 68 valence electrons. The molecular formula is C8H10Cl2O2. The Hall–Kier alpha value is -0.0500. The number of carbonyl (C=O) groups excluding carboxylic acids is 1. The zero-order valence-corrected chi connectivity index (χ0v) is 8.07. The van der Waals surface area contributed by atoms with Crippen LogP contribution in [0, 0.1) is 5.41 Å². The van der Waals surface area contributed by atoms with E-state index in [0.29, 0.717) is 19.6 Å². The molecule has 0 aliphatic carbocycles. The van der Waals surface area contributed by atoms with E-state index in [9.17, 15) is 4.79 Å². The molecule has 0 bridgehead atoms. The molecule has 0 amide bonds. The van der Waals surface area contributed by atoms with Crippen molar-refractivity contribution >= 4 is 29.5 Å². The highest BCUT2D eigenvalue weighted by Gasteiger charge is 2.33. The lowest BCUT2D eigenvalue weighted by Crippen LogP contribution is -2.21. The first-order valence-electron chi connectivity index (χ1n) is 3.74. The molecular weight excluding hydrogens is 199 g/mol. The van der Waals surface area contributed by atoms with Crippen molar-refractivity contribution in [2.45, 2.75) is 12.8 Å². The van der Waals surface area contributed by atoms with Crippen molar-refractivity contribution in [2.75, 3.05) is 13.2 Å². The summed E-state index contributed by atoms with van der Waals surface area (Å²) in [6, 6.07) is 0. The van der Waals surface area contributed by atoms with Gasteiger partial charge in [-0.25, -0.2) is 0 Å². The molecule has 0 aromatic heterocycles. The van der Waals surface area contributed by atoms with Crippen molar-refractivity contribution in [1.82, 2.24) is 0 Å². The van der Waals surface area contributed by atoms with Crippen LogP contribution in [0.25, 0.3) is 0 Å². The molecule has 0 spiro atoms. The van der Waals surface area contributed by atoms with E-state index in [4.69, 9.17) is 27.9 Å². The summed E-state index contributed by atoms with van der Waals surface area (Å²) in [6.07, 6.45) is 3.91. The molecule has 2 nitrogen and oxygen atoms in total. The Labute approximate surface area is 81.5 Å². The third-order valence-corrected chi connectivity index (χ3v) is 2.36. The molecule has 12 heavy (non-hydrogen) atoms. The maximum absolute atomic E-state index is 10.7. The van der Waals surface area contributed by atoms with Crippen LogP contribution in [0.5, 0.6) is 0 Å². The zero-order valence-electron chi connectivity index (χ0n) is 6.56. The van der Waals surface area contributed by atoms with E-state index >= 15 is 0 Å². The summed E-state index contributed by atoms with van der Waals surface area (Å²) in [5.41, 5.74) is -0.380. The SMILES string of the molecule is O=CC1(CC=C(Cl)Cl)CCOC1. The minimum atomic E-state index is -0.380. The van der Waals surface area contributed by atoms with E-state index in [0.717, 1.165) is 12.7 Å². The third kappa shape index (κ3) is 2.47. The van der Waals surface area contributed by atoms with Crippen LogP contribution in [0.15, 0.2) is 10.6 Å². The third-order valence-electron chi connectivity index (χ3n) is 2.05. The van der Waals surface area contributed by atoms with E-state index in [1.54, 1.807) is 6.08 Å². The number of carbonyl (C=O) groups is 1. The van der Waals surface area contributed by atoms with Crippen molar-refractivity contribution in [3.05, 3.63) is 10.6 Å². The largest absolute Gasteiger partial charge is 0.380 e. The van der Waals surface area contributed by atoms with E-state index in [-0.39, 0.29) is 9.91 Å². The zero-order chi connectivity index (χ0) is 9.03. The van der Waals surface area contributed by atoms with Gasteiger partial charge in [-0.1, -0.05) is 29.3 Å². The Morgan fingerprint density at radius 2 is 2.33 bits per heavy atom. The van der Waals surface area contributed by atoms with Gasteiger partial charge in [-0.2, -0.15) is 0 Å². The lowest BCUT2D eigenvalue weighted by atomic mass is 9.86. The fourth-order valence-corrected chi connectivity index (χ4v) is 1.36. The normalized spacial score (nSPS) is 28.5. The molecule has 1 fully saturated rings. The van der Waals surface area contributed by atoms with Gasteiger partial charge in [-0.05, 0) is 12.8 Å². The van der Waals surface area contributed by atoms with Crippen LogP contribution in [0.4, 0.5) is 0 Å². The van der Waals surface area contributed by atoms with Crippen LogP contribution in [0.1, 0.15) is 12.8 Å². The molecule has 1 saturated heterocycles. The average Bonchev–Trinajstić information content (AvgIpc) is 2.50. The van der Waals surface area contributed by atoms with Crippen LogP contribution < -0.4 is 0 Å². The maximum Gasteiger partial charge on any atom is 0.128 e. The Morgan fingerprint density at radius 1 is 1.58 bits per heavy atom. The van der Waals surface area contributed by atoms with Gasteiger partial charge >= 0.3 is 0 Å². The summed E-state index contributed by atoms with van der Waals surface area (Å²) < 4.78 is 5.35. The molecule has 1 aliphatic heterocycles. The molecule has 0 radical (unpaired) electrons. The molecule has 1 atom stereocenters. The highest BCUT2D eigenvalue weighted by atomic mass is 35.5. The second-order valence-electron chi connectivity index (χ2n) is 2.98. The first-order chi connectivity index (χ1) is 5.68. The molecule has 0 saturated carbocycles. The number of halogens is 2. The number of ether oxygens (including phenoxy) is 1. The summed E-state index contributed by atoms with van der Waals surface area (Å²) in [5, 5.41) is 0. The summed E-state index contributed by atoms with van der Waals surface area (Å²) in [7, 11) is 0. The molecule has 1 heterocycles. The van der Waals surface area contributed by atoms with Crippen molar-refractivity contribution in [2.24, 2.45) is 5.41 Å². The van der Waals surface area contributed by atoms with Gasteiger partial charge in [0.15, 0.2) is 0 Å². The summed E-state index contributed by atoms with van der Waals surface area (Å²) in [5.74, 6) is 0. The van der Waals surface area contributed by atoms with Crippen molar-refractivity contribution in [1.29, 1.82) is 0 Å². The summed E-state index contributed by atoms with van der Waals surface area (Å²) >= 11 is 10.9. The Bertz CT molecular complexity index is 191. The van der Waals surface area contributed by atoms with Gasteiger partial charge in [-0.3, -0.25) is 0 Å². The monoisotopic (exact) mass is 208 g/mol. The molecule has 1 unspecified atom stereocenters. The number of aldehydes is 1. The molecule has 1 aliphatic rings. The predicted octanol–water partition coefficient (Wildman–Crippen LogP) is 2.30. The van der Waals surface area contributed by atoms with Crippen LogP contribution in [0.2, 0.25) is 0 Å². The topological polar surface area (TPSA) is 26.3 Å². The van der Waals surface area contributed by atoms with Crippen molar-refractivity contribution in [3.63, 3.8) is 0 Å². The van der Waals surface area contributed by atoms with Gasteiger partial charge in [0.1, 0.15) is 10.8 Å². The lowest BCUT2D eigenvalue weighted by Gasteiger charge is -2.16. The van der Waals surface area contributed by atoms with Gasteiger partial charge in [-0.15, -0.1) is 0 Å². The predicted molar refractivity (Wildman–Crippen MR) is 48.3 cm³/mol. The van der Waals surface area contributed by atoms with E-state index in [1.165, 1.54) is 0 Å². The number of allylic oxidation sites excluding steroid dienone is 1. The maximum atomic E-state index is 10.7. The molecule has 1 rings (SSSR count). The Balaban J connectivity index is 2.55. The van der Waals surface area contributed by atoms with Gasteiger partial charge < -0.3 is 9.53 Å². The highest BCUT2D eigenvalue weighted by molar-refractivity contribution is 6.55. The van der Waals surface area contributed by atoms with Gasteiger partial charge in [0, 0.05) is 6.61 Å². The molecule has 0 N–H and O–H groups in total. The minimum Gasteiger partial charge on any atom is -0.380 e. The van der Waals surface area contributed by atoms with Gasteiger partial charge in [0.2, 0.25) is 0 Å². The smallest absolute Gasteiger partial charge is 0.128 e. The van der Waals surface area contributed by atoms with Crippen molar-refractivity contribution in [3.8, 4) is 0 Å². The summed E-state index contributed by atoms with van der Waals surface area (Å²) in [4.78, 5) is 10.7. The number of hydrogen-bond donors (Lipinski definition) is 0. The Kier molecular flexibility index (Phi) is 3.56. The van der Waals surface area contributed by atoms with Crippen molar-refractivity contribution < 1.29 is 9.53 Å². The second kappa shape index (κ2) is 4.26. The molecule has 4 heteroatoms. The second-order valence-corrected chi connectivity index (χ2v) is 3.99. The summed E-state index contributed by atoms with van der Waals surface area (Å²) in [6.45, 7) is 1.13. The van der Waals surface area contributed by atoms with E-state index < -0.39 is 0 Å². The average molecular weight is 209 g/mol. The fourth-order valence-electron chi connectivity index (χ4n) is 1.21. The van der Waals surface area contributed by atoms with Gasteiger partial charge in [0.05, 0.1) is 12.0 Å². The minimum absolute atomic E-state index is 0.211. The van der Waals surface area contributed by atoms with Crippen LogP contribution >= 0.6 is 23.2 Å². The Morgan fingerprint density at radius 3 is 2.75 bits per heavy atom. The van der Waals surface area contributed by atoms with E-state index in [2.05, 4.69) is 0 Å². The first kappa shape index (κ1) is 10.0.